The van der Waals surface area contributed by atoms with Crippen LogP contribution in [0.1, 0.15) is 45.7 Å². The van der Waals surface area contributed by atoms with Crippen LogP contribution in [0.2, 0.25) is 0 Å². The molecule has 1 aromatic rings. The summed E-state index contributed by atoms with van der Waals surface area (Å²) in [6.45, 7) is 7.87. The van der Waals surface area contributed by atoms with Crippen molar-refractivity contribution in [3.05, 3.63) is 18.1 Å². The molecule has 1 aromatic heterocycles. The van der Waals surface area contributed by atoms with Crippen LogP contribution in [0.3, 0.4) is 0 Å². The molecule has 0 unspecified atom stereocenters. The maximum Gasteiger partial charge on any atom is 0.410 e. The molecule has 1 amide bonds. The third-order valence-electron chi connectivity index (χ3n) is 3.86. The molecule has 2 heterocycles. The first-order valence-corrected chi connectivity index (χ1v) is 9.67. The molecule has 7 heteroatoms. The van der Waals surface area contributed by atoms with Gasteiger partial charge in [0.25, 0.3) is 0 Å². The summed E-state index contributed by atoms with van der Waals surface area (Å²) < 4.78 is 5.54. The summed E-state index contributed by atoms with van der Waals surface area (Å²) in [6, 6.07) is 0.169. The maximum absolute atomic E-state index is 12.4. The topological polar surface area (TPSA) is 67.4 Å². The van der Waals surface area contributed by atoms with Crippen LogP contribution < -0.4 is 5.32 Å². The number of ether oxygens (including phenoxy) is 1. The van der Waals surface area contributed by atoms with Crippen molar-refractivity contribution >= 4 is 17.9 Å². The van der Waals surface area contributed by atoms with Crippen molar-refractivity contribution < 1.29 is 9.53 Å². The van der Waals surface area contributed by atoms with Crippen LogP contribution >= 0.6 is 11.8 Å². The molecular weight excluding hydrogens is 324 g/mol. The third kappa shape index (κ3) is 5.63. The Morgan fingerprint density at radius 3 is 2.83 bits per heavy atom. The summed E-state index contributed by atoms with van der Waals surface area (Å²) in [5.41, 5.74) is 0.490. The van der Waals surface area contributed by atoms with E-state index in [2.05, 4.69) is 15.3 Å². The molecule has 0 spiro atoms. The minimum Gasteiger partial charge on any atom is -0.444 e. The van der Waals surface area contributed by atoms with Gasteiger partial charge in [-0.05, 0) is 46.3 Å². The molecule has 1 aliphatic heterocycles. The zero-order chi connectivity index (χ0) is 17.6. The number of likely N-dealkylation sites (tertiary alicyclic amines) is 1. The van der Waals surface area contributed by atoms with E-state index in [4.69, 9.17) is 4.74 Å². The number of carbonyl (C=O) groups is 1. The fraction of sp³-hybridized carbons (Fsp3) is 0.706. The molecule has 1 atom stereocenters. The molecule has 24 heavy (non-hydrogen) atoms. The van der Waals surface area contributed by atoms with E-state index in [1.54, 1.807) is 24.2 Å². The Kier molecular flexibility index (Phi) is 6.86. The number of nitrogens with one attached hydrogen (secondary N) is 1. The second kappa shape index (κ2) is 8.67. The Hall–Kier alpha value is -1.34. The number of hydrogen-bond acceptors (Lipinski definition) is 6. The van der Waals surface area contributed by atoms with Crippen molar-refractivity contribution in [2.75, 3.05) is 19.3 Å². The van der Waals surface area contributed by atoms with Gasteiger partial charge in [-0.25, -0.2) is 9.78 Å². The van der Waals surface area contributed by atoms with Gasteiger partial charge in [-0.2, -0.15) is 0 Å². The van der Waals surface area contributed by atoms with E-state index in [9.17, 15) is 4.79 Å². The van der Waals surface area contributed by atoms with E-state index >= 15 is 0 Å². The van der Waals surface area contributed by atoms with E-state index < -0.39 is 5.60 Å². The average Bonchev–Trinajstić information content (AvgIpc) is 2.54. The minimum absolute atomic E-state index is 0.169. The predicted molar refractivity (Wildman–Crippen MR) is 96.1 cm³/mol. The molecule has 1 saturated heterocycles. The van der Waals surface area contributed by atoms with Crippen LogP contribution in [0.5, 0.6) is 0 Å². The zero-order valence-electron chi connectivity index (χ0n) is 15.0. The van der Waals surface area contributed by atoms with Gasteiger partial charge in [0.15, 0.2) is 0 Å². The second-order valence-corrected chi connectivity index (χ2v) is 7.76. The quantitative estimate of drug-likeness (QED) is 0.822. The lowest BCUT2D eigenvalue weighted by Gasteiger charge is -2.36. The van der Waals surface area contributed by atoms with Crippen LogP contribution in [-0.2, 0) is 11.3 Å². The van der Waals surface area contributed by atoms with E-state index in [1.165, 1.54) is 0 Å². The minimum atomic E-state index is -0.459. The third-order valence-corrected chi connectivity index (χ3v) is 4.58. The van der Waals surface area contributed by atoms with Gasteiger partial charge in [-0.3, -0.25) is 4.98 Å². The standard InChI is InChI=1S/C17H28N4O2S/c1-17(2,3)23-16(22)21-10-6-5-7-13(21)11-18-12-14-15(24-4)20-9-8-19-14/h8-9,13,18H,5-7,10-12H2,1-4H3/t13-/m1/s1. The molecule has 6 nitrogen and oxygen atoms in total. The molecule has 2 rings (SSSR count). The number of piperidine rings is 1. The molecular formula is C17H28N4O2S. The molecule has 1 fully saturated rings. The highest BCUT2D eigenvalue weighted by Crippen LogP contribution is 2.20. The lowest BCUT2D eigenvalue weighted by molar-refractivity contribution is 0.00992. The maximum atomic E-state index is 12.4. The largest absolute Gasteiger partial charge is 0.444 e. The van der Waals surface area contributed by atoms with Crippen LogP contribution in [0.15, 0.2) is 17.4 Å². The summed E-state index contributed by atoms with van der Waals surface area (Å²) in [6.07, 6.45) is 8.40. The first-order chi connectivity index (χ1) is 11.4. The Morgan fingerprint density at radius 2 is 2.12 bits per heavy atom. The number of hydrogen-bond donors (Lipinski definition) is 1. The SMILES string of the molecule is CSc1nccnc1CNC[C@H]1CCCCN1C(=O)OC(C)(C)C. The number of aromatic nitrogens is 2. The number of thioether (sulfide) groups is 1. The van der Waals surface area contributed by atoms with Gasteiger partial charge < -0.3 is 15.0 Å². The van der Waals surface area contributed by atoms with Crippen molar-refractivity contribution in [2.45, 2.75) is 63.2 Å². The lowest BCUT2D eigenvalue weighted by Crippen LogP contribution is -2.50. The van der Waals surface area contributed by atoms with E-state index in [0.717, 1.165) is 43.1 Å². The summed E-state index contributed by atoms with van der Waals surface area (Å²) in [7, 11) is 0. The van der Waals surface area contributed by atoms with Crippen molar-refractivity contribution in [3.8, 4) is 0 Å². The number of nitrogens with zero attached hydrogens (tertiary/aromatic N) is 3. The number of amides is 1. The Bertz CT molecular complexity index is 548. The summed E-state index contributed by atoms with van der Waals surface area (Å²) >= 11 is 1.60. The fourth-order valence-electron chi connectivity index (χ4n) is 2.78. The molecule has 0 bridgehead atoms. The van der Waals surface area contributed by atoms with Gasteiger partial charge in [0.05, 0.1) is 5.69 Å². The van der Waals surface area contributed by atoms with E-state index in [0.29, 0.717) is 6.54 Å². The molecule has 0 aliphatic carbocycles. The summed E-state index contributed by atoms with van der Waals surface area (Å²) in [4.78, 5) is 23.0. The van der Waals surface area contributed by atoms with Crippen LogP contribution in [-0.4, -0.2) is 51.9 Å². The van der Waals surface area contributed by atoms with Crippen molar-refractivity contribution in [1.29, 1.82) is 0 Å². The number of carbonyl (C=O) groups excluding carboxylic acids is 1. The van der Waals surface area contributed by atoms with Gasteiger partial charge in [0.1, 0.15) is 10.6 Å². The van der Waals surface area contributed by atoms with Gasteiger partial charge in [0, 0.05) is 38.1 Å². The van der Waals surface area contributed by atoms with E-state index in [-0.39, 0.29) is 12.1 Å². The predicted octanol–water partition coefficient (Wildman–Crippen LogP) is 3.08. The van der Waals surface area contributed by atoms with Gasteiger partial charge >= 0.3 is 6.09 Å². The van der Waals surface area contributed by atoms with Crippen LogP contribution in [0.4, 0.5) is 4.79 Å². The summed E-state index contributed by atoms with van der Waals surface area (Å²) in [5.74, 6) is 0. The van der Waals surface area contributed by atoms with Crippen molar-refractivity contribution in [2.24, 2.45) is 0 Å². The normalized spacial score (nSPS) is 18.5. The molecule has 1 N–H and O–H groups in total. The van der Waals surface area contributed by atoms with Gasteiger partial charge in [-0.1, -0.05) is 0 Å². The van der Waals surface area contributed by atoms with Crippen molar-refractivity contribution in [3.63, 3.8) is 0 Å². The average molecular weight is 353 g/mol. The molecule has 0 saturated carbocycles. The number of rotatable bonds is 5. The molecule has 1 aliphatic rings. The first kappa shape index (κ1) is 19.0. The Labute approximate surface area is 148 Å². The highest BCUT2D eigenvalue weighted by atomic mass is 32.2. The second-order valence-electron chi connectivity index (χ2n) is 6.97. The monoisotopic (exact) mass is 352 g/mol. The summed E-state index contributed by atoms with van der Waals surface area (Å²) in [5, 5.41) is 4.37. The van der Waals surface area contributed by atoms with Crippen LogP contribution in [0, 0.1) is 0 Å². The zero-order valence-corrected chi connectivity index (χ0v) is 15.9. The van der Waals surface area contributed by atoms with Gasteiger partial charge in [0.2, 0.25) is 0 Å². The Balaban J connectivity index is 1.90. The lowest BCUT2D eigenvalue weighted by atomic mass is 10.0. The van der Waals surface area contributed by atoms with E-state index in [1.807, 2.05) is 31.9 Å². The molecule has 0 radical (unpaired) electrons. The fourth-order valence-corrected chi connectivity index (χ4v) is 3.30. The highest BCUT2D eigenvalue weighted by molar-refractivity contribution is 7.98. The van der Waals surface area contributed by atoms with Crippen molar-refractivity contribution in [1.82, 2.24) is 20.2 Å². The first-order valence-electron chi connectivity index (χ1n) is 8.45. The molecule has 134 valence electrons. The Morgan fingerprint density at radius 1 is 1.38 bits per heavy atom. The van der Waals surface area contributed by atoms with Gasteiger partial charge in [-0.15, -0.1) is 11.8 Å². The smallest absolute Gasteiger partial charge is 0.410 e. The van der Waals surface area contributed by atoms with Crippen LogP contribution in [0.25, 0.3) is 0 Å². The molecule has 0 aromatic carbocycles. The highest BCUT2D eigenvalue weighted by Gasteiger charge is 2.30.